The molecule has 3 aromatic rings. The van der Waals surface area contributed by atoms with Crippen LogP contribution in [0, 0.1) is 13.8 Å². The lowest BCUT2D eigenvalue weighted by Gasteiger charge is -2.03. The summed E-state index contributed by atoms with van der Waals surface area (Å²) in [4.78, 5) is 5.64. The molecule has 5 nitrogen and oxygen atoms in total. The van der Waals surface area contributed by atoms with Crippen molar-refractivity contribution in [2.45, 2.75) is 27.2 Å². The van der Waals surface area contributed by atoms with Gasteiger partial charge >= 0.3 is 0 Å². The molecule has 0 fully saturated rings. The van der Waals surface area contributed by atoms with Crippen LogP contribution in [-0.2, 0) is 6.42 Å². The van der Waals surface area contributed by atoms with E-state index in [-0.39, 0.29) is 0 Å². The smallest absolute Gasteiger partial charge is 0.255 e. The van der Waals surface area contributed by atoms with Gasteiger partial charge < -0.3 is 5.73 Å². The molecule has 98 valence electrons. The summed E-state index contributed by atoms with van der Waals surface area (Å²) in [5.74, 6) is 1.39. The molecule has 0 spiro atoms. The first-order valence-corrected chi connectivity index (χ1v) is 6.99. The van der Waals surface area contributed by atoms with Gasteiger partial charge in [0.2, 0.25) is 0 Å². The molecule has 0 aliphatic carbocycles. The molecule has 0 unspecified atom stereocenters. The highest BCUT2D eigenvalue weighted by Crippen LogP contribution is 2.33. The molecule has 0 atom stereocenters. The normalized spacial score (nSPS) is 11.3. The van der Waals surface area contributed by atoms with Crippen LogP contribution in [0.1, 0.15) is 23.2 Å². The molecule has 0 aromatic carbocycles. The molecule has 0 radical (unpaired) electrons. The van der Waals surface area contributed by atoms with E-state index in [0.29, 0.717) is 5.78 Å². The Hall–Kier alpha value is -1.95. The first-order valence-electron chi connectivity index (χ1n) is 6.18. The zero-order valence-electron chi connectivity index (χ0n) is 11.1. The lowest BCUT2D eigenvalue weighted by atomic mass is 10.2. The molecule has 6 heteroatoms. The maximum atomic E-state index is 6.10. The van der Waals surface area contributed by atoms with E-state index in [9.17, 15) is 0 Å². The van der Waals surface area contributed by atoms with Crippen LogP contribution in [-0.4, -0.2) is 19.6 Å². The van der Waals surface area contributed by atoms with Gasteiger partial charge in [0.25, 0.3) is 5.78 Å². The highest BCUT2D eigenvalue weighted by atomic mass is 32.1. The van der Waals surface area contributed by atoms with Crippen LogP contribution < -0.4 is 5.73 Å². The second-order valence-electron chi connectivity index (χ2n) is 4.54. The molecule has 0 amide bonds. The number of thiophene rings is 1. The Labute approximate surface area is 115 Å². The summed E-state index contributed by atoms with van der Waals surface area (Å²) in [6.45, 7) is 6.10. The SMILES string of the molecule is CCc1cc(-c2nnc3nc(C)cc(C)n23)c(N)s1. The molecule has 3 aromatic heterocycles. The molecule has 0 saturated carbocycles. The van der Waals surface area contributed by atoms with Gasteiger partial charge in [-0.15, -0.1) is 21.5 Å². The van der Waals surface area contributed by atoms with Crippen LogP contribution >= 0.6 is 11.3 Å². The molecule has 3 heterocycles. The Bertz CT molecular complexity index is 756. The molecule has 0 aliphatic heterocycles. The highest BCUT2D eigenvalue weighted by Gasteiger charge is 2.16. The Morgan fingerprint density at radius 3 is 2.74 bits per heavy atom. The van der Waals surface area contributed by atoms with E-state index in [1.54, 1.807) is 11.3 Å². The third-order valence-corrected chi connectivity index (χ3v) is 4.20. The number of nitrogens with two attached hydrogens (primary N) is 1. The van der Waals surface area contributed by atoms with E-state index >= 15 is 0 Å². The summed E-state index contributed by atoms with van der Waals surface area (Å²) in [5, 5.41) is 9.18. The minimum atomic E-state index is 0.621. The number of hydrogen-bond acceptors (Lipinski definition) is 5. The maximum Gasteiger partial charge on any atom is 0.255 e. The third kappa shape index (κ3) is 1.88. The van der Waals surface area contributed by atoms with Crippen molar-refractivity contribution in [2.75, 3.05) is 5.73 Å². The van der Waals surface area contributed by atoms with E-state index in [1.165, 1.54) is 4.88 Å². The van der Waals surface area contributed by atoms with Crippen molar-refractivity contribution < 1.29 is 0 Å². The number of fused-ring (bicyclic) bond motifs is 1. The van der Waals surface area contributed by atoms with Gasteiger partial charge in [0.1, 0.15) is 0 Å². The fourth-order valence-electron chi connectivity index (χ4n) is 2.21. The number of anilines is 1. The summed E-state index contributed by atoms with van der Waals surface area (Å²) in [6, 6.07) is 4.11. The van der Waals surface area contributed by atoms with Gasteiger partial charge in [-0.2, -0.15) is 0 Å². The monoisotopic (exact) mass is 273 g/mol. The first-order chi connectivity index (χ1) is 9.10. The minimum absolute atomic E-state index is 0.621. The van der Waals surface area contributed by atoms with Crippen LogP contribution in [0.3, 0.4) is 0 Å². The van der Waals surface area contributed by atoms with Crippen molar-refractivity contribution in [1.82, 2.24) is 19.6 Å². The Balaban J connectivity index is 2.28. The average molecular weight is 273 g/mol. The second-order valence-corrected chi connectivity index (χ2v) is 5.71. The van der Waals surface area contributed by atoms with Crippen molar-refractivity contribution in [3.63, 3.8) is 0 Å². The van der Waals surface area contributed by atoms with Gasteiger partial charge in [-0.25, -0.2) is 4.98 Å². The molecule has 0 aliphatic rings. The van der Waals surface area contributed by atoms with Gasteiger partial charge in [-0.05, 0) is 32.4 Å². The number of hydrogen-bond donors (Lipinski definition) is 1. The van der Waals surface area contributed by atoms with Gasteiger partial charge in [0, 0.05) is 16.3 Å². The molecular weight excluding hydrogens is 258 g/mol. The van der Waals surface area contributed by atoms with Crippen molar-refractivity contribution in [3.8, 4) is 11.4 Å². The predicted octanol–water partition coefficient (Wildman–Crippen LogP) is 2.61. The predicted molar refractivity (Wildman–Crippen MR) is 77.4 cm³/mol. The van der Waals surface area contributed by atoms with Crippen LogP contribution in [0.15, 0.2) is 12.1 Å². The van der Waals surface area contributed by atoms with E-state index in [0.717, 1.165) is 34.2 Å². The zero-order chi connectivity index (χ0) is 13.6. The second kappa shape index (κ2) is 4.31. The van der Waals surface area contributed by atoms with Crippen LogP contribution in [0.4, 0.5) is 5.00 Å². The van der Waals surface area contributed by atoms with Crippen LogP contribution in [0.2, 0.25) is 0 Å². The van der Waals surface area contributed by atoms with Crippen molar-refractivity contribution in [3.05, 3.63) is 28.4 Å². The maximum absolute atomic E-state index is 6.10. The zero-order valence-corrected chi connectivity index (χ0v) is 12.0. The number of aromatic nitrogens is 4. The molecule has 0 saturated heterocycles. The van der Waals surface area contributed by atoms with Gasteiger partial charge in [0.15, 0.2) is 5.82 Å². The number of aryl methyl sites for hydroxylation is 3. The summed E-state index contributed by atoms with van der Waals surface area (Å²) in [5.41, 5.74) is 9.05. The topological polar surface area (TPSA) is 69.1 Å². The first kappa shape index (κ1) is 12.1. The molecule has 3 rings (SSSR count). The molecule has 19 heavy (non-hydrogen) atoms. The van der Waals surface area contributed by atoms with E-state index < -0.39 is 0 Å². The number of nitrogen functional groups attached to an aromatic ring is 1. The quantitative estimate of drug-likeness (QED) is 0.779. The van der Waals surface area contributed by atoms with E-state index in [2.05, 4.69) is 28.2 Å². The number of rotatable bonds is 2. The Morgan fingerprint density at radius 1 is 1.26 bits per heavy atom. The lowest BCUT2D eigenvalue weighted by Crippen LogP contribution is -1.98. The summed E-state index contributed by atoms with van der Waals surface area (Å²) < 4.78 is 1.95. The fraction of sp³-hybridized carbons (Fsp3) is 0.308. The minimum Gasteiger partial charge on any atom is -0.390 e. The molecule has 0 bridgehead atoms. The standard InChI is InChI=1S/C13H15N5S/c1-4-9-6-10(11(14)19-9)12-16-17-13-15-7(2)5-8(3)18(12)13/h5-6H,4,14H2,1-3H3. The highest BCUT2D eigenvalue weighted by molar-refractivity contribution is 7.16. The van der Waals surface area contributed by atoms with Gasteiger partial charge in [-0.3, -0.25) is 4.40 Å². The Kier molecular flexibility index (Phi) is 2.74. The van der Waals surface area contributed by atoms with Crippen LogP contribution in [0.25, 0.3) is 17.2 Å². The van der Waals surface area contributed by atoms with Crippen molar-refractivity contribution in [2.24, 2.45) is 0 Å². The van der Waals surface area contributed by atoms with Crippen molar-refractivity contribution in [1.29, 1.82) is 0 Å². The lowest BCUT2D eigenvalue weighted by molar-refractivity contribution is 1.02. The average Bonchev–Trinajstić information content (AvgIpc) is 2.92. The molecular formula is C13H15N5S. The van der Waals surface area contributed by atoms with Crippen molar-refractivity contribution >= 4 is 22.1 Å². The number of nitrogens with zero attached hydrogens (tertiary/aromatic N) is 4. The summed E-state index contributed by atoms with van der Waals surface area (Å²) >= 11 is 1.61. The summed E-state index contributed by atoms with van der Waals surface area (Å²) in [7, 11) is 0. The van der Waals surface area contributed by atoms with Gasteiger partial charge in [0.05, 0.1) is 10.6 Å². The fourth-order valence-corrected chi connectivity index (χ4v) is 3.08. The molecule has 2 N–H and O–H groups in total. The van der Waals surface area contributed by atoms with E-state index in [1.807, 2.05) is 24.3 Å². The largest absolute Gasteiger partial charge is 0.390 e. The van der Waals surface area contributed by atoms with E-state index in [4.69, 9.17) is 5.73 Å². The Morgan fingerprint density at radius 2 is 2.05 bits per heavy atom. The van der Waals surface area contributed by atoms with Gasteiger partial charge in [-0.1, -0.05) is 6.92 Å². The van der Waals surface area contributed by atoms with Crippen LogP contribution in [0.5, 0.6) is 0 Å². The summed E-state index contributed by atoms with van der Waals surface area (Å²) in [6.07, 6.45) is 0.974. The third-order valence-electron chi connectivity index (χ3n) is 3.09.